The van der Waals surface area contributed by atoms with Gasteiger partial charge in [0.1, 0.15) is 30.1 Å². The SMILES string of the molecule is CC#COc1c(O[C@@H]2O[C@H](COC(C)=O)[C@H](OC(C)=O)[C@H](OC(C)=O)[C@H]2OC(C)=O)c2ccc(OCC/C=C/CC)cc2oc1=O. The van der Waals surface area contributed by atoms with Gasteiger partial charge in [-0.2, -0.15) is 0 Å². The minimum absolute atomic E-state index is 0.0454. The first-order valence-electron chi connectivity index (χ1n) is 14.4. The molecule has 0 amide bonds. The summed E-state index contributed by atoms with van der Waals surface area (Å²) in [6.07, 6.45) is 0.470. The highest BCUT2D eigenvalue weighted by atomic mass is 16.7. The Morgan fingerprint density at radius 3 is 2.20 bits per heavy atom. The molecular formula is C32H36O14. The summed E-state index contributed by atoms with van der Waals surface area (Å²) in [6.45, 7) is 7.82. The highest BCUT2D eigenvalue weighted by Crippen LogP contribution is 2.38. The topological polar surface area (TPSA) is 172 Å². The summed E-state index contributed by atoms with van der Waals surface area (Å²) in [5.74, 6) is -0.922. The molecule has 14 heteroatoms. The number of rotatable bonds is 13. The van der Waals surface area contributed by atoms with Gasteiger partial charge in [-0.15, -0.1) is 0 Å². The second-order valence-corrected chi connectivity index (χ2v) is 9.86. The number of carbonyl (C=O) groups is 4. The number of fused-ring (bicyclic) bond motifs is 1. The highest BCUT2D eigenvalue weighted by molar-refractivity contribution is 5.86. The lowest BCUT2D eigenvalue weighted by molar-refractivity contribution is -0.288. The van der Waals surface area contributed by atoms with Crippen molar-refractivity contribution in [1.82, 2.24) is 0 Å². The van der Waals surface area contributed by atoms with Gasteiger partial charge in [-0.25, -0.2) is 4.79 Å². The molecule has 14 nitrogen and oxygen atoms in total. The van der Waals surface area contributed by atoms with Crippen molar-refractivity contribution in [3.05, 3.63) is 40.8 Å². The van der Waals surface area contributed by atoms with E-state index in [-0.39, 0.29) is 16.7 Å². The van der Waals surface area contributed by atoms with E-state index >= 15 is 0 Å². The smallest absolute Gasteiger partial charge is 0.384 e. The number of hydrogen-bond donors (Lipinski definition) is 0. The third kappa shape index (κ3) is 9.73. The zero-order chi connectivity index (χ0) is 33.8. The molecule has 1 aromatic carbocycles. The van der Waals surface area contributed by atoms with Gasteiger partial charge in [0.2, 0.25) is 12.4 Å². The Kier molecular flexibility index (Phi) is 13.0. The van der Waals surface area contributed by atoms with E-state index in [0.717, 1.165) is 34.1 Å². The number of hydrogen-bond acceptors (Lipinski definition) is 14. The maximum atomic E-state index is 13.1. The van der Waals surface area contributed by atoms with Gasteiger partial charge in [-0.1, -0.05) is 25.0 Å². The Labute approximate surface area is 264 Å². The van der Waals surface area contributed by atoms with Crippen molar-refractivity contribution < 1.29 is 61.5 Å². The summed E-state index contributed by atoms with van der Waals surface area (Å²) in [4.78, 5) is 61.3. The van der Waals surface area contributed by atoms with Crippen LogP contribution in [0.2, 0.25) is 0 Å². The van der Waals surface area contributed by atoms with Crippen LogP contribution in [0.4, 0.5) is 0 Å². The van der Waals surface area contributed by atoms with Crippen molar-refractivity contribution >= 4 is 34.8 Å². The summed E-state index contributed by atoms with van der Waals surface area (Å²) in [7, 11) is 0. The summed E-state index contributed by atoms with van der Waals surface area (Å²) < 4.78 is 50.3. The van der Waals surface area contributed by atoms with Crippen molar-refractivity contribution in [2.24, 2.45) is 0 Å². The van der Waals surface area contributed by atoms with Gasteiger partial charge in [-0.3, -0.25) is 19.2 Å². The van der Waals surface area contributed by atoms with Crippen molar-refractivity contribution in [1.29, 1.82) is 0 Å². The summed E-state index contributed by atoms with van der Waals surface area (Å²) >= 11 is 0. The Morgan fingerprint density at radius 2 is 1.57 bits per heavy atom. The van der Waals surface area contributed by atoms with E-state index in [2.05, 4.69) is 12.0 Å². The minimum Gasteiger partial charge on any atom is -0.493 e. The second-order valence-electron chi connectivity index (χ2n) is 9.86. The van der Waals surface area contributed by atoms with Crippen LogP contribution < -0.4 is 19.8 Å². The van der Waals surface area contributed by atoms with Gasteiger partial charge in [-0.05, 0) is 25.0 Å². The van der Waals surface area contributed by atoms with Crippen LogP contribution in [0.5, 0.6) is 17.2 Å². The Morgan fingerprint density at radius 1 is 0.891 bits per heavy atom. The van der Waals surface area contributed by atoms with Crippen LogP contribution in [0, 0.1) is 12.0 Å². The van der Waals surface area contributed by atoms with Gasteiger partial charge < -0.3 is 42.3 Å². The van der Waals surface area contributed by atoms with Crippen molar-refractivity contribution in [2.75, 3.05) is 13.2 Å². The number of esters is 4. The lowest BCUT2D eigenvalue weighted by Gasteiger charge is -2.43. The first-order valence-corrected chi connectivity index (χ1v) is 14.4. The lowest BCUT2D eigenvalue weighted by atomic mass is 9.98. The van der Waals surface area contributed by atoms with Crippen LogP contribution in [0.25, 0.3) is 11.0 Å². The summed E-state index contributed by atoms with van der Waals surface area (Å²) in [5, 5.41) is 0.207. The largest absolute Gasteiger partial charge is 0.493 e. The second kappa shape index (κ2) is 16.9. The summed E-state index contributed by atoms with van der Waals surface area (Å²) in [6, 6.07) is 4.64. The summed E-state index contributed by atoms with van der Waals surface area (Å²) in [5.41, 5.74) is -0.928. The van der Waals surface area contributed by atoms with Gasteiger partial charge in [0, 0.05) is 40.7 Å². The quantitative estimate of drug-likeness (QED) is 0.0776. The van der Waals surface area contributed by atoms with Gasteiger partial charge in [0.05, 0.1) is 12.0 Å². The van der Waals surface area contributed by atoms with E-state index in [4.69, 9.17) is 42.3 Å². The van der Waals surface area contributed by atoms with E-state index in [0.29, 0.717) is 18.8 Å². The number of benzene rings is 1. The highest BCUT2D eigenvalue weighted by Gasteiger charge is 2.53. The predicted octanol–water partition coefficient (Wildman–Crippen LogP) is 3.35. The van der Waals surface area contributed by atoms with Crippen LogP contribution in [-0.4, -0.2) is 67.8 Å². The fourth-order valence-corrected chi connectivity index (χ4v) is 4.46. The molecule has 3 rings (SSSR count). The first kappa shape index (κ1) is 35.4. The number of ether oxygens (including phenoxy) is 8. The third-order valence-electron chi connectivity index (χ3n) is 6.18. The molecule has 1 fully saturated rings. The normalized spacial score (nSPS) is 20.6. The molecule has 248 valence electrons. The van der Waals surface area contributed by atoms with Crippen LogP contribution in [0.3, 0.4) is 0 Å². The average Bonchev–Trinajstić information content (AvgIpc) is 2.97. The Hall–Kier alpha value is -5.03. The molecule has 0 N–H and O–H groups in total. The zero-order valence-corrected chi connectivity index (χ0v) is 26.3. The van der Waals surface area contributed by atoms with Crippen LogP contribution in [-0.2, 0) is 42.9 Å². The first-order chi connectivity index (χ1) is 21.9. The third-order valence-corrected chi connectivity index (χ3v) is 6.18. The molecule has 2 aromatic rings. The molecule has 1 aliphatic heterocycles. The molecular weight excluding hydrogens is 608 g/mol. The molecule has 1 aromatic heterocycles. The molecule has 0 unspecified atom stereocenters. The average molecular weight is 645 g/mol. The van der Waals surface area contributed by atoms with Crippen molar-refractivity contribution in [3.63, 3.8) is 0 Å². The molecule has 0 radical (unpaired) electrons. The Bertz CT molecular complexity index is 1560. The standard InChI is InChI=1S/C32H36O14/c1-7-9-10-11-15-38-22-12-13-23-24(16-22)44-31(37)29(39-14-8-2)26(23)46-32-30(43-21(6)36)28(42-20(5)35)27(41-19(4)34)25(45-32)17-40-18(3)33/h9-10,12-13,16,25,27-28,30,32H,7,11,15,17H2,1-6H3/b10-9+/t25-,27+,28+,30-,32+/m1/s1. The van der Waals surface area contributed by atoms with Crippen molar-refractivity contribution in [3.8, 4) is 29.3 Å². The van der Waals surface area contributed by atoms with Crippen LogP contribution in [0.1, 0.15) is 54.4 Å². The molecule has 0 spiro atoms. The maximum absolute atomic E-state index is 13.1. The van der Waals surface area contributed by atoms with Gasteiger partial charge in [0.25, 0.3) is 5.75 Å². The molecule has 0 bridgehead atoms. The number of carbonyl (C=O) groups excluding carboxylic acids is 4. The van der Waals surface area contributed by atoms with Gasteiger partial charge >= 0.3 is 29.5 Å². The monoisotopic (exact) mass is 644 g/mol. The van der Waals surface area contributed by atoms with E-state index in [1.807, 2.05) is 19.1 Å². The molecule has 0 aliphatic carbocycles. The van der Waals surface area contributed by atoms with E-state index in [9.17, 15) is 24.0 Å². The van der Waals surface area contributed by atoms with Crippen LogP contribution >= 0.6 is 0 Å². The van der Waals surface area contributed by atoms with Crippen molar-refractivity contribution in [2.45, 2.75) is 85.1 Å². The maximum Gasteiger partial charge on any atom is 0.384 e. The molecule has 1 aliphatic rings. The molecule has 0 saturated carbocycles. The van der Waals surface area contributed by atoms with Gasteiger partial charge in [0.15, 0.2) is 18.0 Å². The molecule has 5 atom stereocenters. The molecule has 1 saturated heterocycles. The van der Waals surface area contributed by atoms with E-state index < -0.39 is 72.6 Å². The molecule has 2 heterocycles. The van der Waals surface area contributed by atoms with Crippen LogP contribution in [0.15, 0.2) is 39.6 Å². The lowest BCUT2D eigenvalue weighted by Crippen LogP contribution is -2.63. The van der Waals surface area contributed by atoms with E-state index in [1.54, 1.807) is 12.1 Å². The van der Waals surface area contributed by atoms with E-state index in [1.165, 1.54) is 13.0 Å². The predicted molar refractivity (Wildman–Crippen MR) is 159 cm³/mol. The minimum atomic E-state index is -1.65. The fourth-order valence-electron chi connectivity index (χ4n) is 4.46. The fraction of sp³-hybridized carbons (Fsp3) is 0.469. The number of allylic oxidation sites excluding steroid dienone is 1. The molecule has 46 heavy (non-hydrogen) atoms. The zero-order valence-electron chi connectivity index (χ0n) is 26.3. The Balaban J connectivity index is 2.14.